The second-order valence-corrected chi connectivity index (χ2v) is 9.39. The molecule has 0 spiro atoms. The average Bonchev–Trinajstić information content (AvgIpc) is 3.24. The SMILES string of the molecule is Cc1cc(-c2cnc3[nH]cc(-c4ccc(C(N)=O)c(C)c4C)c3c2)ccc1N1CCN(C)CC1. The van der Waals surface area contributed by atoms with E-state index in [1.807, 2.05) is 38.4 Å². The molecule has 34 heavy (non-hydrogen) atoms. The number of carbonyl (C=O) groups is 1. The Morgan fingerprint density at radius 3 is 2.41 bits per heavy atom. The molecular formula is C28H31N5O. The summed E-state index contributed by atoms with van der Waals surface area (Å²) < 4.78 is 0. The minimum Gasteiger partial charge on any atom is -0.369 e. The molecule has 0 radical (unpaired) electrons. The second-order valence-electron chi connectivity index (χ2n) is 9.39. The van der Waals surface area contributed by atoms with E-state index in [-0.39, 0.29) is 0 Å². The molecule has 1 amide bonds. The molecule has 5 rings (SSSR count). The lowest BCUT2D eigenvalue weighted by Gasteiger charge is -2.35. The third kappa shape index (κ3) is 3.84. The van der Waals surface area contributed by atoms with Gasteiger partial charge in [0.2, 0.25) is 5.91 Å². The van der Waals surface area contributed by atoms with E-state index in [1.165, 1.54) is 11.3 Å². The van der Waals surface area contributed by atoms with Gasteiger partial charge < -0.3 is 20.5 Å². The maximum Gasteiger partial charge on any atom is 0.248 e. The molecule has 2 aromatic heterocycles. The first-order valence-corrected chi connectivity index (χ1v) is 11.8. The minimum atomic E-state index is -0.398. The topological polar surface area (TPSA) is 78.2 Å². The van der Waals surface area contributed by atoms with Gasteiger partial charge in [0.1, 0.15) is 5.65 Å². The molecule has 0 bridgehead atoms. The number of hydrogen-bond donors (Lipinski definition) is 2. The van der Waals surface area contributed by atoms with Gasteiger partial charge in [-0.05, 0) is 79.9 Å². The van der Waals surface area contributed by atoms with E-state index in [0.29, 0.717) is 5.56 Å². The third-order valence-electron chi connectivity index (χ3n) is 7.25. The third-order valence-corrected chi connectivity index (χ3v) is 7.25. The van der Waals surface area contributed by atoms with Crippen LogP contribution in [-0.2, 0) is 0 Å². The van der Waals surface area contributed by atoms with Gasteiger partial charge in [-0.15, -0.1) is 0 Å². The quantitative estimate of drug-likeness (QED) is 0.471. The van der Waals surface area contributed by atoms with Crippen LogP contribution in [0.25, 0.3) is 33.3 Å². The van der Waals surface area contributed by atoms with E-state index in [4.69, 9.17) is 10.7 Å². The van der Waals surface area contributed by atoms with Crippen molar-refractivity contribution in [3.05, 3.63) is 71.0 Å². The number of nitrogens with zero attached hydrogens (tertiary/aromatic N) is 3. The number of fused-ring (bicyclic) bond motifs is 1. The minimum absolute atomic E-state index is 0.398. The molecule has 0 saturated carbocycles. The van der Waals surface area contributed by atoms with Crippen LogP contribution in [0.4, 0.5) is 5.69 Å². The van der Waals surface area contributed by atoms with E-state index in [2.05, 4.69) is 53.0 Å². The number of aromatic nitrogens is 2. The molecule has 1 aliphatic rings. The normalized spacial score (nSPS) is 14.6. The number of primary amides is 1. The molecule has 2 aromatic carbocycles. The molecule has 1 saturated heterocycles. The number of nitrogens with two attached hydrogens (primary N) is 1. The van der Waals surface area contributed by atoms with Crippen LogP contribution in [0.5, 0.6) is 0 Å². The standard InChI is InChI=1S/C28H31N5O/c1-17-13-20(5-8-26(17)33-11-9-32(4)10-12-33)21-14-24-25(16-31-28(24)30-15-21)22-6-7-23(27(29)34)19(3)18(22)2/h5-8,13-16H,9-12H2,1-4H3,(H2,29,34)(H,30,31). The first kappa shape index (κ1) is 22.2. The van der Waals surface area contributed by atoms with Gasteiger partial charge in [0.25, 0.3) is 0 Å². The molecule has 6 nitrogen and oxygen atoms in total. The van der Waals surface area contributed by atoms with Crippen molar-refractivity contribution in [1.82, 2.24) is 14.9 Å². The van der Waals surface area contributed by atoms with Gasteiger partial charge in [-0.25, -0.2) is 4.98 Å². The number of likely N-dealkylation sites (N-methyl/N-ethyl adjacent to an activating group) is 1. The van der Waals surface area contributed by atoms with Crippen molar-refractivity contribution in [2.24, 2.45) is 5.73 Å². The summed E-state index contributed by atoms with van der Waals surface area (Å²) in [6.45, 7) is 10.5. The van der Waals surface area contributed by atoms with E-state index in [1.54, 1.807) is 0 Å². The number of H-pyrrole nitrogens is 1. The number of nitrogens with one attached hydrogen (secondary N) is 1. The van der Waals surface area contributed by atoms with Crippen LogP contribution in [0, 0.1) is 20.8 Å². The number of anilines is 1. The highest BCUT2D eigenvalue weighted by molar-refractivity contribution is 5.99. The number of piperazine rings is 1. The summed E-state index contributed by atoms with van der Waals surface area (Å²) in [5.41, 5.74) is 15.9. The lowest BCUT2D eigenvalue weighted by Crippen LogP contribution is -2.44. The van der Waals surface area contributed by atoms with Gasteiger partial charge in [0.15, 0.2) is 0 Å². The first-order chi connectivity index (χ1) is 16.3. The van der Waals surface area contributed by atoms with Crippen molar-refractivity contribution in [3.8, 4) is 22.3 Å². The average molecular weight is 454 g/mol. The molecule has 4 aromatic rings. The van der Waals surface area contributed by atoms with E-state index in [9.17, 15) is 4.79 Å². The van der Waals surface area contributed by atoms with Crippen molar-refractivity contribution in [2.75, 3.05) is 38.1 Å². The molecular weight excluding hydrogens is 422 g/mol. The molecule has 3 heterocycles. The maximum atomic E-state index is 11.8. The number of hydrogen-bond acceptors (Lipinski definition) is 4. The lowest BCUT2D eigenvalue weighted by atomic mass is 9.93. The number of rotatable bonds is 4. The molecule has 0 unspecified atom stereocenters. The van der Waals surface area contributed by atoms with Crippen LogP contribution in [0.3, 0.4) is 0 Å². The van der Waals surface area contributed by atoms with E-state index >= 15 is 0 Å². The smallest absolute Gasteiger partial charge is 0.248 e. The Hall–Kier alpha value is -3.64. The summed E-state index contributed by atoms with van der Waals surface area (Å²) in [5, 5.41) is 1.06. The molecule has 6 heteroatoms. The number of carbonyl (C=O) groups excluding carboxylic acids is 1. The molecule has 1 aliphatic heterocycles. The second kappa shape index (κ2) is 8.61. The Morgan fingerprint density at radius 1 is 0.941 bits per heavy atom. The summed E-state index contributed by atoms with van der Waals surface area (Å²) in [4.78, 5) is 24.6. The summed E-state index contributed by atoms with van der Waals surface area (Å²) in [6.07, 6.45) is 3.93. The fourth-order valence-corrected chi connectivity index (χ4v) is 5.00. The predicted molar refractivity (Wildman–Crippen MR) is 139 cm³/mol. The van der Waals surface area contributed by atoms with Crippen LogP contribution in [0.1, 0.15) is 27.0 Å². The first-order valence-electron chi connectivity index (χ1n) is 11.8. The molecule has 1 fully saturated rings. The largest absolute Gasteiger partial charge is 0.369 e. The van der Waals surface area contributed by atoms with Gasteiger partial charge in [0.05, 0.1) is 0 Å². The van der Waals surface area contributed by atoms with Gasteiger partial charge in [0, 0.05) is 66.3 Å². The van der Waals surface area contributed by atoms with Gasteiger partial charge >= 0.3 is 0 Å². The summed E-state index contributed by atoms with van der Waals surface area (Å²) >= 11 is 0. The van der Waals surface area contributed by atoms with Gasteiger partial charge in [-0.3, -0.25) is 4.79 Å². The zero-order valence-electron chi connectivity index (χ0n) is 20.3. The van der Waals surface area contributed by atoms with Crippen LogP contribution < -0.4 is 10.6 Å². The van der Waals surface area contributed by atoms with Crippen molar-refractivity contribution in [3.63, 3.8) is 0 Å². The van der Waals surface area contributed by atoms with Crippen molar-refractivity contribution >= 4 is 22.6 Å². The summed E-state index contributed by atoms with van der Waals surface area (Å²) in [5.74, 6) is -0.398. The molecule has 3 N–H and O–H groups in total. The van der Waals surface area contributed by atoms with Crippen molar-refractivity contribution in [2.45, 2.75) is 20.8 Å². The van der Waals surface area contributed by atoms with Crippen molar-refractivity contribution < 1.29 is 4.79 Å². The van der Waals surface area contributed by atoms with Gasteiger partial charge in [-0.1, -0.05) is 12.1 Å². The van der Waals surface area contributed by atoms with E-state index < -0.39 is 5.91 Å². The highest BCUT2D eigenvalue weighted by Crippen LogP contribution is 2.35. The number of aromatic amines is 1. The fourth-order valence-electron chi connectivity index (χ4n) is 5.00. The maximum absolute atomic E-state index is 11.8. The number of aryl methyl sites for hydroxylation is 1. The molecule has 0 atom stereocenters. The summed E-state index contributed by atoms with van der Waals surface area (Å²) in [6, 6.07) is 12.7. The molecule has 174 valence electrons. The highest BCUT2D eigenvalue weighted by atomic mass is 16.1. The summed E-state index contributed by atoms with van der Waals surface area (Å²) in [7, 11) is 2.18. The molecule has 0 aliphatic carbocycles. The Morgan fingerprint density at radius 2 is 1.71 bits per heavy atom. The predicted octanol–water partition coefficient (Wildman–Crippen LogP) is 4.67. The van der Waals surface area contributed by atoms with Crippen LogP contribution in [0.2, 0.25) is 0 Å². The number of pyridine rings is 1. The van der Waals surface area contributed by atoms with Crippen LogP contribution >= 0.6 is 0 Å². The number of amides is 1. The Kier molecular flexibility index (Phi) is 5.62. The fraction of sp³-hybridized carbons (Fsp3) is 0.286. The Labute approximate surface area is 200 Å². The number of benzene rings is 2. The van der Waals surface area contributed by atoms with Gasteiger partial charge in [-0.2, -0.15) is 0 Å². The van der Waals surface area contributed by atoms with Crippen LogP contribution in [0.15, 0.2) is 48.8 Å². The zero-order valence-corrected chi connectivity index (χ0v) is 20.3. The Balaban J connectivity index is 1.52. The lowest BCUT2D eigenvalue weighted by molar-refractivity contribution is 0.0999. The van der Waals surface area contributed by atoms with Crippen molar-refractivity contribution in [1.29, 1.82) is 0 Å². The monoisotopic (exact) mass is 453 g/mol. The van der Waals surface area contributed by atoms with Crippen LogP contribution in [-0.4, -0.2) is 54.0 Å². The zero-order chi connectivity index (χ0) is 24.0. The van der Waals surface area contributed by atoms with E-state index in [0.717, 1.165) is 70.6 Å². The highest BCUT2D eigenvalue weighted by Gasteiger charge is 2.18. The Bertz CT molecular complexity index is 1400.